The number of carbonyl (C=O) groups excluding carboxylic acids is 2. The minimum atomic E-state index is -1.02. The van der Waals surface area contributed by atoms with Crippen molar-refractivity contribution in [2.45, 2.75) is 26.8 Å². The first kappa shape index (κ1) is 29.1. The van der Waals surface area contributed by atoms with Gasteiger partial charge in [0.1, 0.15) is 5.56 Å². The largest absolute Gasteiger partial charge is 0.494 e. The lowest BCUT2D eigenvalue weighted by Crippen LogP contribution is -2.40. The molecule has 0 saturated heterocycles. The van der Waals surface area contributed by atoms with Crippen molar-refractivity contribution in [3.8, 4) is 17.4 Å². The Bertz CT molecular complexity index is 1850. The highest BCUT2D eigenvalue weighted by Crippen LogP contribution is 2.36. The molecular formula is C26H26N4O10S. The third kappa shape index (κ3) is 5.84. The second kappa shape index (κ2) is 12.1. The van der Waals surface area contributed by atoms with E-state index in [9.17, 15) is 29.1 Å². The Morgan fingerprint density at radius 2 is 1.88 bits per heavy atom. The van der Waals surface area contributed by atoms with Crippen molar-refractivity contribution in [1.82, 2.24) is 14.5 Å². The highest BCUT2D eigenvalue weighted by atomic mass is 32.1. The molecule has 1 aliphatic rings. The molecule has 3 N–H and O–H groups in total. The molecule has 15 heteroatoms. The summed E-state index contributed by atoms with van der Waals surface area (Å²) < 4.78 is 22.4. The molecule has 3 heterocycles. The average molecular weight is 587 g/mol. The fourth-order valence-electron chi connectivity index (χ4n) is 4.13. The molecule has 0 aliphatic carbocycles. The maximum Gasteiger partial charge on any atom is 0.343 e. The Balaban J connectivity index is 1.94. The number of nitrogens with zero attached hydrogens (tertiary/aromatic N) is 2. The van der Waals surface area contributed by atoms with Crippen LogP contribution in [0.25, 0.3) is 6.08 Å². The molecule has 0 radical (unpaired) electrons. The number of thiazole rings is 1. The summed E-state index contributed by atoms with van der Waals surface area (Å²) in [7, 11) is 1.23. The lowest BCUT2D eigenvalue weighted by molar-refractivity contribution is -0.143. The number of benzene rings is 1. The van der Waals surface area contributed by atoms with E-state index in [1.165, 1.54) is 17.7 Å². The van der Waals surface area contributed by atoms with Gasteiger partial charge in [-0.15, -0.1) is 0 Å². The number of methoxy groups -OCH3 is 1. The molecule has 4 rings (SSSR count). The lowest BCUT2D eigenvalue weighted by Gasteiger charge is -2.25. The Morgan fingerprint density at radius 3 is 2.54 bits per heavy atom. The van der Waals surface area contributed by atoms with E-state index < -0.39 is 40.7 Å². The fourth-order valence-corrected chi connectivity index (χ4v) is 5.16. The van der Waals surface area contributed by atoms with Gasteiger partial charge in [0.25, 0.3) is 11.1 Å². The highest BCUT2D eigenvalue weighted by Gasteiger charge is 2.34. The first-order valence-electron chi connectivity index (χ1n) is 12.3. The average Bonchev–Trinajstić information content (AvgIpc) is 3.23. The fraction of sp³-hybridized carbons (Fsp3) is 0.308. The van der Waals surface area contributed by atoms with Gasteiger partial charge in [-0.1, -0.05) is 17.4 Å². The molecular weight excluding hydrogens is 560 g/mol. The number of aromatic amines is 2. The standard InChI is InChI=1S/C26H26N4O10S/c1-5-38-16-9-13(7-8-15(16)40-11-18(31)37-4)20-19(24(35)39-6-2)12(3)27-26-30(20)23(34)17(41-26)10-14-21(32)28-25(36)29-22(14)33/h7-10,20H,5-6,11H2,1-4H3,(H3,28,29,32,33,36)/b17-10+/t20-/m1/s1. The SMILES string of the molecule is CCOC(=O)C1=C(C)N=c2s/c(=C/c3c(O)[nH]c(=O)[nH]c3=O)c(=O)n2[C@@H]1c1ccc(OCC(=O)OC)c(OCC)c1. The number of fused-ring (bicyclic) bond motifs is 1. The molecule has 0 spiro atoms. The molecule has 3 aromatic rings. The topological polar surface area (TPSA) is 191 Å². The van der Waals surface area contributed by atoms with Gasteiger partial charge in [0, 0.05) is 0 Å². The number of esters is 2. The molecule has 0 fully saturated rings. The normalized spacial score (nSPS) is 14.7. The predicted molar refractivity (Wildman–Crippen MR) is 145 cm³/mol. The van der Waals surface area contributed by atoms with Crippen molar-refractivity contribution in [1.29, 1.82) is 0 Å². The molecule has 41 heavy (non-hydrogen) atoms. The number of carbonyl (C=O) groups is 2. The number of aromatic nitrogens is 3. The van der Waals surface area contributed by atoms with E-state index >= 15 is 0 Å². The summed E-state index contributed by atoms with van der Waals surface area (Å²) in [4.78, 5) is 71.0. The van der Waals surface area contributed by atoms with Gasteiger partial charge in [0.2, 0.25) is 5.88 Å². The van der Waals surface area contributed by atoms with Crippen LogP contribution in [0.5, 0.6) is 17.4 Å². The number of allylic oxidation sites excluding steroid dienone is 1. The van der Waals surface area contributed by atoms with Crippen molar-refractivity contribution in [3.63, 3.8) is 0 Å². The van der Waals surface area contributed by atoms with E-state index in [1.54, 1.807) is 32.9 Å². The zero-order valence-electron chi connectivity index (χ0n) is 22.4. The molecule has 0 unspecified atom stereocenters. The molecule has 216 valence electrons. The van der Waals surface area contributed by atoms with E-state index in [4.69, 9.17) is 14.2 Å². The van der Waals surface area contributed by atoms with E-state index in [2.05, 4.69) is 14.7 Å². The summed E-state index contributed by atoms with van der Waals surface area (Å²) in [5.74, 6) is -1.52. The number of hydrogen-bond acceptors (Lipinski definition) is 12. The molecule has 2 aromatic heterocycles. The summed E-state index contributed by atoms with van der Waals surface area (Å²) in [6, 6.07) is 3.69. The van der Waals surface area contributed by atoms with Crippen molar-refractivity contribution in [2.24, 2.45) is 4.99 Å². The van der Waals surface area contributed by atoms with Crippen LogP contribution >= 0.6 is 11.3 Å². The van der Waals surface area contributed by atoms with Crippen molar-refractivity contribution in [2.75, 3.05) is 26.9 Å². The summed E-state index contributed by atoms with van der Waals surface area (Å²) >= 11 is 0.918. The smallest absolute Gasteiger partial charge is 0.343 e. The van der Waals surface area contributed by atoms with Crippen LogP contribution in [-0.4, -0.2) is 58.5 Å². The maximum absolute atomic E-state index is 13.7. The highest BCUT2D eigenvalue weighted by molar-refractivity contribution is 7.07. The van der Waals surface area contributed by atoms with Crippen LogP contribution in [-0.2, 0) is 19.1 Å². The van der Waals surface area contributed by atoms with Gasteiger partial charge >= 0.3 is 17.6 Å². The van der Waals surface area contributed by atoms with E-state index in [0.717, 1.165) is 17.4 Å². The first-order chi connectivity index (χ1) is 19.6. The van der Waals surface area contributed by atoms with Crippen LogP contribution in [0.1, 0.15) is 37.9 Å². The summed E-state index contributed by atoms with van der Waals surface area (Å²) in [6.07, 6.45) is 1.13. The van der Waals surface area contributed by atoms with Gasteiger partial charge in [0.05, 0.1) is 42.2 Å². The van der Waals surface area contributed by atoms with Crippen LogP contribution in [0.4, 0.5) is 0 Å². The second-order valence-corrected chi connectivity index (χ2v) is 9.49. The first-order valence-corrected chi connectivity index (χ1v) is 13.1. The van der Waals surface area contributed by atoms with Crippen molar-refractivity contribution >= 4 is 29.4 Å². The summed E-state index contributed by atoms with van der Waals surface area (Å²) in [5, 5.41) is 10.1. The van der Waals surface area contributed by atoms with E-state index in [0.29, 0.717) is 11.3 Å². The number of nitrogens with one attached hydrogen (secondary N) is 2. The van der Waals surface area contributed by atoms with Crippen LogP contribution in [0, 0.1) is 0 Å². The number of hydrogen-bond donors (Lipinski definition) is 3. The Hall–Kier alpha value is -4.92. The number of H-pyrrole nitrogens is 2. The Kier molecular flexibility index (Phi) is 8.56. The monoisotopic (exact) mass is 586 g/mol. The van der Waals surface area contributed by atoms with Crippen LogP contribution in [0.15, 0.2) is 48.8 Å². The van der Waals surface area contributed by atoms with Crippen LogP contribution < -0.4 is 35.6 Å². The molecule has 1 aromatic carbocycles. The molecule has 0 saturated carbocycles. The second-order valence-electron chi connectivity index (χ2n) is 8.48. The van der Waals surface area contributed by atoms with E-state index in [-0.39, 0.29) is 51.8 Å². The minimum absolute atomic E-state index is 0.00238. The minimum Gasteiger partial charge on any atom is -0.494 e. The van der Waals surface area contributed by atoms with Crippen molar-refractivity contribution < 1.29 is 33.6 Å². The Morgan fingerprint density at radius 1 is 1.12 bits per heavy atom. The van der Waals surface area contributed by atoms with Crippen LogP contribution in [0.3, 0.4) is 0 Å². The zero-order valence-corrected chi connectivity index (χ0v) is 23.2. The molecule has 0 bridgehead atoms. The van der Waals surface area contributed by atoms with Gasteiger partial charge in [0.15, 0.2) is 22.9 Å². The van der Waals surface area contributed by atoms with E-state index in [1.807, 2.05) is 4.98 Å². The van der Waals surface area contributed by atoms with Gasteiger partial charge in [-0.05, 0) is 44.5 Å². The molecule has 1 aliphatic heterocycles. The van der Waals surface area contributed by atoms with Gasteiger partial charge in [-0.3, -0.25) is 24.1 Å². The lowest BCUT2D eigenvalue weighted by atomic mass is 9.95. The third-order valence-corrected chi connectivity index (χ3v) is 6.89. The molecule has 1 atom stereocenters. The van der Waals surface area contributed by atoms with Crippen LogP contribution in [0.2, 0.25) is 0 Å². The quantitative estimate of drug-likeness (QED) is 0.284. The van der Waals surface area contributed by atoms with Gasteiger partial charge in [-0.2, -0.15) is 0 Å². The maximum atomic E-state index is 13.7. The molecule has 14 nitrogen and oxygen atoms in total. The third-order valence-electron chi connectivity index (χ3n) is 5.91. The van der Waals surface area contributed by atoms with Crippen molar-refractivity contribution in [3.05, 3.63) is 81.1 Å². The Labute approximate surface area is 234 Å². The summed E-state index contributed by atoms with van der Waals surface area (Å²) in [5.41, 5.74) is -1.93. The number of ether oxygens (including phenoxy) is 4. The number of aromatic hydroxyl groups is 1. The van der Waals surface area contributed by atoms with Gasteiger partial charge in [-0.25, -0.2) is 19.4 Å². The predicted octanol–water partition coefficient (Wildman–Crippen LogP) is -0.169. The zero-order chi connectivity index (χ0) is 29.8. The summed E-state index contributed by atoms with van der Waals surface area (Å²) in [6.45, 7) is 4.96. The van der Waals surface area contributed by atoms with Gasteiger partial charge < -0.3 is 24.1 Å². The number of rotatable bonds is 9. The molecule has 0 amide bonds.